The van der Waals surface area contributed by atoms with Gasteiger partial charge in [0.05, 0.1) is 6.04 Å². The first kappa shape index (κ1) is 12.5. The van der Waals surface area contributed by atoms with Gasteiger partial charge < -0.3 is 15.7 Å². The van der Waals surface area contributed by atoms with Crippen molar-refractivity contribution in [2.24, 2.45) is 0 Å². The van der Waals surface area contributed by atoms with Gasteiger partial charge in [-0.15, -0.1) is 0 Å². The molecule has 88 valence electrons. The molecule has 1 unspecified atom stereocenters. The molecule has 1 rings (SSSR count). The second-order valence-electron chi connectivity index (χ2n) is 4.53. The first-order valence-corrected chi connectivity index (χ1v) is 5.77. The SMILES string of the molecule is CCC(C)(CCO)NC(=O)[C@@H]1CCCN1. The zero-order chi connectivity index (χ0) is 11.3. The van der Waals surface area contributed by atoms with Crippen molar-refractivity contribution in [2.45, 2.75) is 51.1 Å². The number of carbonyl (C=O) groups excluding carboxylic acids is 1. The Kier molecular flexibility index (Phi) is 4.54. The van der Waals surface area contributed by atoms with Crippen molar-refractivity contribution in [2.75, 3.05) is 13.2 Å². The molecule has 1 saturated heterocycles. The lowest BCUT2D eigenvalue weighted by Gasteiger charge is -2.30. The van der Waals surface area contributed by atoms with Crippen molar-refractivity contribution in [1.29, 1.82) is 0 Å². The van der Waals surface area contributed by atoms with E-state index in [0.29, 0.717) is 6.42 Å². The van der Waals surface area contributed by atoms with Gasteiger partial charge in [0.2, 0.25) is 5.91 Å². The molecule has 4 nitrogen and oxygen atoms in total. The summed E-state index contributed by atoms with van der Waals surface area (Å²) in [4.78, 5) is 11.8. The van der Waals surface area contributed by atoms with Crippen molar-refractivity contribution in [3.63, 3.8) is 0 Å². The van der Waals surface area contributed by atoms with Crippen LogP contribution in [-0.2, 0) is 4.79 Å². The number of hydrogen-bond acceptors (Lipinski definition) is 3. The molecule has 0 saturated carbocycles. The zero-order valence-electron chi connectivity index (χ0n) is 9.68. The Hall–Kier alpha value is -0.610. The summed E-state index contributed by atoms with van der Waals surface area (Å²) in [5.41, 5.74) is -0.268. The normalized spacial score (nSPS) is 24.9. The minimum Gasteiger partial charge on any atom is -0.396 e. The van der Waals surface area contributed by atoms with Crippen molar-refractivity contribution in [1.82, 2.24) is 10.6 Å². The second-order valence-corrected chi connectivity index (χ2v) is 4.53. The lowest BCUT2D eigenvalue weighted by atomic mass is 9.94. The van der Waals surface area contributed by atoms with E-state index in [1.165, 1.54) is 0 Å². The van der Waals surface area contributed by atoms with Crippen LogP contribution in [0.4, 0.5) is 0 Å². The highest BCUT2D eigenvalue weighted by Gasteiger charge is 2.29. The number of carbonyl (C=O) groups is 1. The van der Waals surface area contributed by atoms with E-state index in [9.17, 15) is 4.79 Å². The van der Waals surface area contributed by atoms with E-state index in [2.05, 4.69) is 10.6 Å². The van der Waals surface area contributed by atoms with Crippen LogP contribution in [-0.4, -0.2) is 35.7 Å². The maximum absolute atomic E-state index is 11.8. The number of hydrogen-bond donors (Lipinski definition) is 3. The molecule has 0 aromatic heterocycles. The topological polar surface area (TPSA) is 61.4 Å². The van der Waals surface area contributed by atoms with Gasteiger partial charge in [-0.3, -0.25) is 4.79 Å². The summed E-state index contributed by atoms with van der Waals surface area (Å²) in [6.07, 6.45) is 3.44. The quantitative estimate of drug-likeness (QED) is 0.621. The molecular weight excluding hydrogens is 192 g/mol. The summed E-state index contributed by atoms with van der Waals surface area (Å²) in [6.45, 7) is 5.05. The Bertz CT molecular complexity index is 215. The van der Waals surface area contributed by atoms with Gasteiger partial charge in [-0.05, 0) is 39.2 Å². The molecule has 1 aliphatic heterocycles. The fourth-order valence-corrected chi connectivity index (χ4v) is 1.87. The monoisotopic (exact) mass is 214 g/mol. The summed E-state index contributed by atoms with van der Waals surface area (Å²) in [5, 5.41) is 15.1. The third-order valence-corrected chi connectivity index (χ3v) is 3.25. The fourth-order valence-electron chi connectivity index (χ4n) is 1.87. The van der Waals surface area contributed by atoms with Crippen LogP contribution in [0, 0.1) is 0 Å². The van der Waals surface area contributed by atoms with Crippen molar-refractivity contribution >= 4 is 5.91 Å². The Morgan fingerprint density at radius 3 is 2.87 bits per heavy atom. The van der Waals surface area contributed by atoms with E-state index >= 15 is 0 Å². The number of rotatable bonds is 5. The van der Waals surface area contributed by atoms with Crippen LogP contribution in [0.2, 0.25) is 0 Å². The van der Waals surface area contributed by atoms with Gasteiger partial charge in [0.1, 0.15) is 0 Å². The van der Waals surface area contributed by atoms with E-state index in [-0.39, 0.29) is 24.1 Å². The highest BCUT2D eigenvalue weighted by molar-refractivity contribution is 5.82. The Morgan fingerprint density at radius 1 is 1.67 bits per heavy atom. The third-order valence-electron chi connectivity index (χ3n) is 3.25. The molecule has 0 bridgehead atoms. The van der Waals surface area contributed by atoms with E-state index in [1.807, 2.05) is 13.8 Å². The summed E-state index contributed by atoms with van der Waals surface area (Å²) < 4.78 is 0. The zero-order valence-corrected chi connectivity index (χ0v) is 9.68. The van der Waals surface area contributed by atoms with E-state index < -0.39 is 0 Å². The van der Waals surface area contributed by atoms with Crippen molar-refractivity contribution < 1.29 is 9.90 Å². The Morgan fingerprint density at radius 2 is 2.40 bits per heavy atom. The van der Waals surface area contributed by atoms with Crippen LogP contribution in [0.5, 0.6) is 0 Å². The highest BCUT2D eigenvalue weighted by atomic mass is 16.3. The summed E-state index contributed by atoms with van der Waals surface area (Å²) in [5.74, 6) is 0.0744. The van der Waals surface area contributed by atoms with Crippen molar-refractivity contribution in [3.8, 4) is 0 Å². The average molecular weight is 214 g/mol. The molecule has 0 spiro atoms. The minimum atomic E-state index is -0.268. The lowest BCUT2D eigenvalue weighted by Crippen LogP contribution is -2.52. The number of aliphatic hydroxyl groups is 1. The molecule has 1 fully saturated rings. The first-order chi connectivity index (χ1) is 7.11. The standard InChI is InChI=1S/C11H22N2O2/c1-3-11(2,6-8-14)13-10(15)9-5-4-7-12-9/h9,12,14H,3-8H2,1-2H3,(H,13,15)/t9-,11?/m0/s1. The van der Waals surface area contributed by atoms with Crippen molar-refractivity contribution in [3.05, 3.63) is 0 Å². The smallest absolute Gasteiger partial charge is 0.237 e. The second kappa shape index (κ2) is 5.47. The van der Waals surface area contributed by atoms with Gasteiger partial charge in [0, 0.05) is 12.1 Å². The van der Waals surface area contributed by atoms with Gasteiger partial charge in [0.25, 0.3) is 0 Å². The van der Waals surface area contributed by atoms with Crippen LogP contribution in [0.15, 0.2) is 0 Å². The molecule has 0 aromatic rings. The predicted molar refractivity (Wildman–Crippen MR) is 59.6 cm³/mol. The summed E-state index contributed by atoms with van der Waals surface area (Å²) in [6, 6.07) is -0.0328. The molecule has 1 amide bonds. The number of nitrogens with one attached hydrogen (secondary N) is 2. The average Bonchev–Trinajstić information content (AvgIpc) is 2.71. The van der Waals surface area contributed by atoms with Gasteiger partial charge in [-0.25, -0.2) is 0 Å². The molecule has 4 heteroatoms. The summed E-state index contributed by atoms with van der Waals surface area (Å²) in [7, 11) is 0. The molecule has 15 heavy (non-hydrogen) atoms. The van der Waals surface area contributed by atoms with E-state index in [4.69, 9.17) is 5.11 Å². The molecular formula is C11H22N2O2. The van der Waals surface area contributed by atoms with Gasteiger partial charge in [0.15, 0.2) is 0 Å². The van der Waals surface area contributed by atoms with Gasteiger partial charge >= 0.3 is 0 Å². The number of amides is 1. The maximum Gasteiger partial charge on any atom is 0.237 e. The Labute approximate surface area is 91.4 Å². The van der Waals surface area contributed by atoms with Crippen LogP contribution in [0.25, 0.3) is 0 Å². The van der Waals surface area contributed by atoms with E-state index in [0.717, 1.165) is 25.8 Å². The van der Waals surface area contributed by atoms with Crippen LogP contribution in [0.1, 0.15) is 39.5 Å². The summed E-state index contributed by atoms with van der Waals surface area (Å²) >= 11 is 0. The maximum atomic E-state index is 11.8. The molecule has 1 heterocycles. The highest BCUT2D eigenvalue weighted by Crippen LogP contribution is 2.15. The largest absolute Gasteiger partial charge is 0.396 e. The van der Waals surface area contributed by atoms with E-state index in [1.54, 1.807) is 0 Å². The molecule has 1 aliphatic rings. The van der Waals surface area contributed by atoms with Crippen LogP contribution < -0.4 is 10.6 Å². The number of aliphatic hydroxyl groups excluding tert-OH is 1. The molecule has 2 atom stereocenters. The molecule has 0 aromatic carbocycles. The molecule has 3 N–H and O–H groups in total. The first-order valence-electron chi connectivity index (χ1n) is 5.77. The Balaban J connectivity index is 2.46. The molecule has 0 radical (unpaired) electrons. The fraction of sp³-hybridized carbons (Fsp3) is 0.909. The third kappa shape index (κ3) is 3.47. The lowest BCUT2D eigenvalue weighted by molar-refractivity contribution is -0.124. The van der Waals surface area contributed by atoms with Gasteiger partial charge in [-0.2, -0.15) is 0 Å². The van der Waals surface area contributed by atoms with Crippen LogP contribution in [0.3, 0.4) is 0 Å². The van der Waals surface area contributed by atoms with Crippen LogP contribution >= 0.6 is 0 Å². The predicted octanol–water partition coefficient (Wildman–Crippen LogP) is 0.406. The molecule has 0 aliphatic carbocycles. The minimum absolute atomic E-state index is 0.0328. The van der Waals surface area contributed by atoms with Gasteiger partial charge in [-0.1, -0.05) is 6.92 Å².